The molecule has 1 aliphatic carbocycles. The number of fused-ring (bicyclic) bond motifs is 3. The molecule has 4 aromatic rings. The molecule has 1 saturated carbocycles. The Hall–Kier alpha value is -4.17. The number of carbonyl (C=O) groups is 1. The molecular weight excluding hydrogens is 580 g/mol. The van der Waals surface area contributed by atoms with Gasteiger partial charge in [-0.3, -0.25) is 9.78 Å². The first-order valence-electron chi connectivity index (χ1n) is 13.3. The summed E-state index contributed by atoms with van der Waals surface area (Å²) in [6.07, 6.45) is -4.53. The lowest BCUT2D eigenvalue weighted by Crippen LogP contribution is -2.66. The SMILES string of the molecule is CNC(=O)c1cccc(OC(F)F)c1[C@H]1CCc2nc3ccc(-c4cnc(C5(N)CC(O)(C(F)(F)F)C5)c(F)c4)cc3n21. The van der Waals surface area contributed by atoms with Gasteiger partial charge in [0.15, 0.2) is 5.60 Å². The first-order chi connectivity index (χ1) is 20.2. The van der Waals surface area contributed by atoms with Crippen LogP contribution in [-0.2, 0) is 12.0 Å². The van der Waals surface area contributed by atoms with Gasteiger partial charge < -0.3 is 25.5 Å². The van der Waals surface area contributed by atoms with Gasteiger partial charge in [0, 0.05) is 49.2 Å². The Kier molecular flexibility index (Phi) is 6.69. The van der Waals surface area contributed by atoms with Crippen molar-refractivity contribution >= 4 is 16.9 Å². The maximum absolute atomic E-state index is 15.2. The maximum atomic E-state index is 15.2. The van der Waals surface area contributed by atoms with Crippen molar-refractivity contribution < 1.29 is 41.0 Å². The van der Waals surface area contributed by atoms with Crippen molar-refractivity contribution in [2.45, 2.75) is 55.7 Å². The molecular formula is C29H25F6N5O3. The minimum atomic E-state index is -4.90. The van der Waals surface area contributed by atoms with Crippen molar-refractivity contribution in [3.63, 3.8) is 0 Å². The number of pyridine rings is 1. The topological polar surface area (TPSA) is 115 Å². The summed E-state index contributed by atoms with van der Waals surface area (Å²) in [4.78, 5) is 21.4. The van der Waals surface area contributed by atoms with Crippen molar-refractivity contribution in [3.05, 3.63) is 77.1 Å². The van der Waals surface area contributed by atoms with Crippen molar-refractivity contribution in [3.8, 4) is 16.9 Å². The molecule has 1 atom stereocenters. The fourth-order valence-electron chi connectivity index (χ4n) is 6.26. The Bertz CT molecular complexity index is 1750. The molecule has 4 N–H and O–H groups in total. The van der Waals surface area contributed by atoms with Crippen LogP contribution in [0.2, 0.25) is 0 Å². The average Bonchev–Trinajstić information content (AvgIpc) is 3.49. The van der Waals surface area contributed by atoms with Crippen LogP contribution in [0, 0.1) is 5.82 Å². The number of carbonyl (C=O) groups excluding carboxylic acids is 1. The third kappa shape index (κ3) is 4.68. The molecule has 2 aromatic heterocycles. The number of benzene rings is 2. The number of aliphatic hydroxyl groups is 1. The van der Waals surface area contributed by atoms with E-state index >= 15 is 4.39 Å². The number of aromatic nitrogens is 3. The number of amides is 1. The van der Waals surface area contributed by atoms with Gasteiger partial charge in [-0.2, -0.15) is 22.0 Å². The number of ether oxygens (including phenoxy) is 1. The zero-order valence-electron chi connectivity index (χ0n) is 22.6. The Morgan fingerprint density at radius 2 is 1.93 bits per heavy atom. The van der Waals surface area contributed by atoms with Crippen LogP contribution in [0.5, 0.6) is 5.75 Å². The van der Waals surface area contributed by atoms with E-state index in [2.05, 4.69) is 15.3 Å². The number of hydrogen-bond donors (Lipinski definition) is 3. The second kappa shape index (κ2) is 9.95. The van der Waals surface area contributed by atoms with E-state index in [0.29, 0.717) is 40.8 Å². The van der Waals surface area contributed by atoms with Gasteiger partial charge in [0.1, 0.15) is 17.4 Å². The minimum absolute atomic E-state index is 0.141. The summed E-state index contributed by atoms with van der Waals surface area (Å²) >= 11 is 0. The summed E-state index contributed by atoms with van der Waals surface area (Å²) < 4.78 is 87.9. The molecule has 1 fully saturated rings. The molecule has 1 amide bonds. The molecule has 43 heavy (non-hydrogen) atoms. The van der Waals surface area contributed by atoms with Crippen molar-refractivity contribution in [2.75, 3.05) is 7.05 Å². The van der Waals surface area contributed by atoms with E-state index in [4.69, 9.17) is 10.5 Å². The normalized spacial score (nSPS) is 23.3. The van der Waals surface area contributed by atoms with Crippen molar-refractivity contribution in [1.29, 1.82) is 0 Å². The molecule has 2 aliphatic rings. The predicted octanol–water partition coefficient (Wildman–Crippen LogP) is 4.98. The highest BCUT2D eigenvalue weighted by Crippen LogP contribution is 2.54. The van der Waals surface area contributed by atoms with Gasteiger partial charge in [-0.15, -0.1) is 0 Å². The smallest absolute Gasteiger partial charge is 0.417 e. The van der Waals surface area contributed by atoms with Gasteiger partial charge in [0.2, 0.25) is 0 Å². The van der Waals surface area contributed by atoms with E-state index in [1.54, 1.807) is 18.2 Å². The van der Waals surface area contributed by atoms with Crippen LogP contribution in [0.3, 0.4) is 0 Å². The predicted molar refractivity (Wildman–Crippen MR) is 142 cm³/mol. The molecule has 6 rings (SSSR count). The number of imidazole rings is 1. The average molecular weight is 606 g/mol. The molecule has 0 saturated heterocycles. The van der Waals surface area contributed by atoms with E-state index in [9.17, 15) is 31.9 Å². The van der Waals surface area contributed by atoms with Crippen LogP contribution in [-0.4, -0.2) is 51.0 Å². The van der Waals surface area contributed by atoms with Crippen LogP contribution in [0.4, 0.5) is 26.3 Å². The second-order valence-corrected chi connectivity index (χ2v) is 10.9. The molecule has 2 aromatic carbocycles. The highest BCUT2D eigenvalue weighted by Gasteiger charge is 2.67. The Morgan fingerprint density at radius 3 is 2.58 bits per heavy atom. The third-order valence-corrected chi connectivity index (χ3v) is 8.19. The van der Waals surface area contributed by atoms with Gasteiger partial charge >= 0.3 is 12.8 Å². The Balaban J connectivity index is 1.39. The lowest BCUT2D eigenvalue weighted by atomic mass is 9.63. The monoisotopic (exact) mass is 605 g/mol. The minimum Gasteiger partial charge on any atom is -0.434 e. The number of nitrogens with two attached hydrogens (primary N) is 1. The summed E-state index contributed by atoms with van der Waals surface area (Å²) in [7, 11) is 1.43. The lowest BCUT2D eigenvalue weighted by molar-refractivity contribution is -0.304. The molecule has 1 aliphatic heterocycles. The van der Waals surface area contributed by atoms with Crippen LogP contribution < -0.4 is 15.8 Å². The first kappa shape index (κ1) is 28.9. The van der Waals surface area contributed by atoms with E-state index in [0.717, 1.165) is 6.07 Å². The molecule has 226 valence electrons. The number of nitrogens with one attached hydrogen (secondary N) is 1. The lowest BCUT2D eigenvalue weighted by Gasteiger charge is -2.51. The van der Waals surface area contributed by atoms with Crippen LogP contribution >= 0.6 is 0 Å². The van der Waals surface area contributed by atoms with Crippen molar-refractivity contribution in [1.82, 2.24) is 19.9 Å². The molecule has 14 heteroatoms. The van der Waals surface area contributed by atoms with E-state index in [1.807, 2.05) is 4.57 Å². The number of aryl methyl sites for hydroxylation is 1. The molecule has 0 unspecified atom stereocenters. The molecule has 0 spiro atoms. The summed E-state index contributed by atoms with van der Waals surface area (Å²) in [5.74, 6) is -0.890. The highest BCUT2D eigenvalue weighted by molar-refractivity contribution is 5.96. The van der Waals surface area contributed by atoms with Gasteiger partial charge in [0.05, 0.1) is 28.3 Å². The largest absolute Gasteiger partial charge is 0.434 e. The number of nitrogens with zero attached hydrogens (tertiary/aromatic N) is 3. The van der Waals surface area contributed by atoms with Gasteiger partial charge in [-0.25, -0.2) is 9.37 Å². The molecule has 0 bridgehead atoms. The fourth-order valence-corrected chi connectivity index (χ4v) is 6.26. The first-order valence-corrected chi connectivity index (χ1v) is 13.3. The summed E-state index contributed by atoms with van der Waals surface area (Å²) in [5, 5.41) is 12.3. The second-order valence-electron chi connectivity index (χ2n) is 10.9. The van der Waals surface area contributed by atoms with E-state index < -0.39 is 54.5 Å². The number of halogens is 6. The summed E-state index contributed by atoms with van der Waals surface area (Å²) in [6.45, 7) is -3.12. The summed E-state index contributed by atoms with van der Waals surface area (Å²) in [5.41, 5.74) is 3.23. The van der Waals surface area contributed by atoms with Crippen LogP contribution in [0.15, 0.2) is 48.7 Å². The van der Waals surface area contributed by atoms with Gasteiger partial charge in [-0.1, -0.05) is 12.1 Å². The molecule has 3 heterocycles. The Morgan fingerprint density at radius 1 is 1.19 bits per heavy atom. The fraction of sp³-hybridized carbons (Fsp3) is 0.345. The van der Waals surface area contributed by atoms with Gasteiger partial charge in [-0.05, 0) is 42.3 Å². The summed E-state index contributed by atoms with van der Waals surface area (Å²) in [6, 6.07) is 9.94. The van der Waals surface area contributed by atoms with Crippen LogP contribution in [0.1, 0.15) is 52.7 Å². The van der Waals surface area contributed by atoms with E-state index in [-0.39, 0.29) is 22.6 Å². The Labute approximate surface area is 240 Å². The number of hydrogen-bond acceptors (Lipinski definition) is 6. The van der Waals surface area contributed by atoms with Gasteiger partial charge in [0.25, 0.3) is 5.91 Å². The highest BCUT2D eigenvalue weighted by atomic mass is 19.4. The third-order valence-electron chi connectivity index (χ3n) is 8.19. The zero-order chi connectivity index (χ0) is 30.9. The quantitative estimate of drug-likeness (QED) is 0.267. The van der Waals surface area contributed by atoms with Crippen LogP contribution in [0.25, 0.3) is 22.2 Å². The standard InChI is InChI=1S/C29H25F6N5O3/c1-37-25(41)16-3-2-4-21(43-26(31)32)23(16)19-7-8-22-39-18-6-5-14(10-20(18)40(19)22)15-9-17(30)24(38-11-15)27(36)12-28(42,13-27)29(33,34)35/h2-6,9-11,19,26,42H,7-8,12-13,36H2,1H3,(H,37,41)/t19-,27?,28?/m1/s1. The molecule has 8 nitrogen and oxygen atoms in total. The maximum Gasteiger partial charge on any atom is 0.417 e. The van der Waals surface area contributed by atoms with Crippen molar-refractivity contribution in [2.24, 2.45) is 5.73 Å². The number of alkyl halides is 5. The molecule has 0 radical (unpaired) electrons. The zero-order valence-corrected chi connectivity index (χ0v) is 22.6. The number of rotatable bonds is 6. The van der Waals surface area contributed by atoms with E-state index in [1.165, 1.54) is 31.4 Å².